The molecule has 0 saturated carbocycles. The summed E-state index contributed by atoms with van der Waals surface area (Å²) in [7, 11) is 0. The van der Waals surface area contributed by atoms with Crippen molar-refractivity contribution in [2.45, 2.75) is 110 Å². The molecule has 3 nitrogen and oxygen atoms in total. The topological polar surface area (TPSA) is 46.3 Å². The van der Waals surface area contributed by atoms with Crippen molar-refractivity contribution in [3.63, 3.8) is 0 Å². The molecule has 1 heterocycles. The third kappa shape index (κ3) is 9.05. The summed E-state index contributed by atoms with van der Waals surface area (Å²) in [5.74, 6) is 0.0290. The summed E-state index contributed by atoms with van der Waals surface area (Å²) < 4.78 is 0. The van der Waals surface area contributed by atoms with Crippen molar-refractivity contribution in [1.29, 1.82) is 0 Å². The minimum atomic E-state index is -0.0923. The van der Waals surface area contributed by atoms with E-state index in [4.69, 9.17) is 5.73 Å². The lowest BCUT2D eigenvalue weighted by molar-refractivity contribution is -0.123. The molecular weight excluding hydrogens is 296 g/mol. The molecule has 1 fully saturated rings. The molecule has 24 heavy (non-hydrogen) atoms. The van der Waals surface area contributed by atoms with Gasteiger partial charge >= 0.3 is 0 Å². The molecule has 2 N–H and O–H groups in total. The van der Waals surface area contributed by atoms with E-state index in [9.17, 15) is 4.79 Å². The number of piperidine rings is 1. The molecule has 0 aromatic carbocycles. The van der Waals surface area contributed by atoms with Crippen LogP contribution in [-0.4, -0.2) is 29.9 Å². The molecule has 0 radical (unpaired) electrons. The monoisotopic (exact) mass is 338 g/mol. The summed E-state index contributed by atoms with van der Waals surface area (Å²) in [4.78, 5) is 14.0. The van der Waals surface area contributed by atoms with Gasteiger partial charge in [0.05, 0.1) is 0 Å². The molecule has 1 aliphatic heterocycles. The van der Waals surface area contributed by atoms with Crippen LogP contribution < -0.4 is 5.73 Å². The quantitative estimate of drug-likeness (QED) is 0.438. The Balaban J connectivity index is 2.34. The molecule has 0 aromatic rings. The average Bonchev–Trinajstić information content (AvgIpc) is 2.59. The zero-order chi connectivity index (χ0) is 17.6. The van der Waals surface area contributed by atoms with Crippen molar-refractivity contribution < 1.29 is 4.79 Å². The summed E-state index contributed by atoms with van der Waals surface area (Å²) in [5, 5.41) is 0. The molecule has 0 aliphatic carbocycles. The average molecular weight is 339 g/mol. The highest BCUT2D eigenvalue weighted by molar-refractivity contribution is 5.76. The second-order valence-corrected chi connectivity index (χ2v) is 7.77. The lowest BCUT2D eigenvalue weighted by atomic mass is 9.92. The van der Waals surface area contributed by atoms with Crippen LogP contribution >= 0.6 is 0 Å². The number of unbranched alkanes of at least 4 members (excludes halogenated alkanes) is 8. The molecule has 1 saturated heterocycles. The Labute approximate surface area is 150 Å². The Morgan fingerprint density at radius 2 is 1.33 bits per heavy atom. The maximum absolute atomic E-state index is 11.4. The van der Waals surface area contributed by atoms with Gasteiger partial charge in [0.2, 0.25) is 5.91 Å². The Kier molecular flexibility index (Phi) is 12.2. The molecule has 0 atom stereocenters. The van der Waals surface area contributed by atoms with Crippen LogP contribution in [0.1, 0.15) is 104 Å². The molecule has 3 heteroatoms. The molecule has 1 aliphatic rings. The summed E-state index contributed by atoms with van der Waals surface area (Å²) in [5.41, 5.74) is 5.48. The highest BCUT2D eigenvalue weighted by atomic mass is 16.1. The largest absolute Gasteiger partial charge is 0.369 e. The predicted octanol–water partition coefficient (Wildman–Crippen LogP) is 5.27. The maximum atomic E-state index is 11.4. The molecular formula is C21H42N2O. The normalized spacial score (nSPS) is 16.8. The van der Waals surface area contributed by atoms with Gasteiger partial charge in [-0.2, -0.15) is 0 Å². The SMILES string of the molecule is CCCCCCCC(CCCCCCC)N1CCC(C(N)=O)CC1. The van der Waals surface area contributed by atoms with Gasteiger partial charge in [0.25, 0.3) is 0 Å². The number of hydrogen-bond acceptors (Lipinski definition) is 2. The van der Waals surface area contributed by atoms with Crippen LogP contribution in [0.4, 0.5) is 0 Å². The smallest absolute Gasteiger partial charge is 0.220 e. The van der Waals surface area contributed by atoms with Gasteiger partial charge in [-0.05, 0) is 38.8 Å². The van der Waals surface area contributed by atoms with Crippen LogP contribution in [0.15, 0.2) is 0 Å². The van der Waals surface area contributed by atoms with Gasteiger partial charge in [0, 0.05) is 12.0 Å². The molecule has 0 bridgehead atoms. The van der Waals surface area contributed by atoms with E-state index in [0.717, 1.165) is 32.0 Å². The van der Waals surface area contributed by atoms with E-state index in [1.807, 2.05) is 0 Å². The number of carbonyl (C=O) groups excluding carboxylic acids is 1. The Hall–Kier alpha value is -0.570. The Morgan fingerprint density at radius 3 is 1.75 bits per heavy atom. The zero-order valence-electron chi connectivity index (χ0n) is 16.4. The fourth-order valence-electron chi connectivity index (χ4n) is 4.03. The van der Waals surface area contributed by atoms with Crippen molar-refractivity contribution in [2.75, 3.05) is 13.1 Å². The number of carbonyl (C=O) groups is 1. The van der Waals surface area contributed by atoms with Gasteiger partial charge in [-0.3, -0.25) is 4.79 Å². The Morgan fingerprint density at radius 1 is 0.875 bits per heavy atom. The number of nitrogens with zero attached hydrogens (tertiary/aromatic N) is 1. The van der Waals surface area contributed by atoms with Crippen molar-refractivity contribution in [3.05, 3.63) is 0 Å². The zero-order valence-corrected chi connectivity index (χ0v) is 16.4. The number of primary amides is 1. The van der Waals surface area contributed by atoms with Gasteiger partial charge in [0.15, 0.2) is 0 Å². The highest BCUT2D eigenvalue weighted by Crippen LogP contribution is 2.24. The van der Waals surface area contributed by atoms with E-state index in [0.29, 0.717) is 0 Å². The van der Waals surface area contributed by atoms with E-state index >= 15 is 0 Å². The van der Waals surface area contributed by atoms with Crippen LogP contribution in [0.3, 0.4) is 0 Å². The first-order chi connectivity index (χ1) is 11.7. The second-order valence-electron chi connectivity index (χ2n) is 7.77. The fourth-order valence-corrected chi connectivity index (χ4v) is 4.03. The standard InChI is InChI=1S/C21H42N2O/c1-3-5-7-9-11-13-20(14-12-10-8-6-4-2)23-17-15-19(16-18-23)21(22)24/h19-20H,3-18H2,1-2H3,(H2,22,24). The van der Waals surface area contributed by atoms with Crippen LogP contribution in [0.2, 0.25) is 0 Å². The van der Waals surface area contributed by atoms with Gasteiger partial charge < -0.3 is 10.6 Å². The number of hydrogen-bond donors (Lipinski definition) is 1. The lowest BCUT2D eigenvalue weighted by Crippen LogP contribution is -2.44. The van der Waals surface area contributed by atoms with E-state index < -0.39 is 0 Å². The van der Waals surface area contributed by atoms with Gasteiger partial charge in [-0.1, -0.05) is 78.1 Å². The molecule has 142 valence electrons. The lowest BCUT2D eigenvalue weighted by Gasteiger charge is -2.37. The predicted molar refractivity (Wildman–Crippen MR) is 104 cm³/mol. The van der Waals surface area contributed by atoms with Gasteiger partial charge in [-0.25, -0.2) is 0 Å². The minimum Gasteiger partial charge on any atom is -0.369 e. The summed E-state index contributed by atoms with van der Waals surface area (Å²) in [6.07, 6.45) is 18.3. The molecule has 0 spiro atoms. The van der Waals surface area contributed by atoms with Crippen molar-refractivity contribution in [3.8, 4) is 0 Å². The van der Waals surface area contributed by atoms with E-state index in [2.05, 4.69) is 18.7 Å². The van der Waals surface area contributed by atoms with Gasteiger partial charge in [0.1, 0.15) is 0 Å². The van der Waals surface area contributed by atoms with Crippen molar-refractivity contribution >= 4 is 5.91 Å². The van der Waals surface area contributed by atoms with E-state index in [1.54, 1.807) is 0 Å². The summed E-state index contributed by atoms with van der Waals surface area (Å²) in [6.45, 7) is 6.70. The highest BCUT2D eigenvalue weighted by Gasteiger charge is 2.27. The maximum Gasteiger partial charge on any atom is 0.220 e. The fraction of sp³-hybridized carbons (Fsp3) is 0.952. The second kappa shape index (κ2) is 13.7. The number of likely N-dealkylation sites (tertiary alicyclic amines) is 1. The molecule has 1 amide bonds. The summed E-state index contributed by atoms with van der Waals surface area (Å²) >= 11 is 0. The van der Waals surface area contributed by atoms with Crippen LogP contribution in [-0.2, 0) is 4.79 Å². The molecule has 1 rings (SSSR count). The Bertz CT molecular complexity index is 297. The molecule has 0 aromatic heterocycles. The minimum absolute atomic E-state index is 0.0923. The van der Waals surface area contributed by atoms with E-state index in [-0.39, 0.29) is 11.8 Å². The number of nitrogens with two attached hydrogens (primary N) is 1. The van der Waals surface area contributed by atoms with Gasteiger partial charge in [-0.15, -0.1) is 0 Å². The van der Waals surface area contributed by atoms with Crippen LogP contribution in [0, 0.1) is 5.92 Å². The molecule has 0 unspecified atom stereocenters. The summed E-state index contributed by atoms with van der Waals surface area (Å²) in [6, 6.07) is 0.738. The van der Waals surface area contributed by atoms with Crippen molar-refractivity contribution in [1.82, 2.24) is 4.90 Å². The first kappa shape index (κ1) is 21.5. The van der Waals surface area contributed by atoms with Crippen LogP contribution in [0.5, 0.6) is 0 Å². The van der Waals surface area contributed by atoms with Crippen LogP contribution in [0.25, 0.3) is 0 Å². The first-order valence-electron chi connectivity index (χ1n) is 10.7. The third-order valence-electron chi connectivity index (χ3n) is 5.73. The first-order valence-corrected chi connectivity index (χ1v) is 10.7. The van der Waals surface area contributed by atoms with Crippen molar-refractivity contribution in [2.24, 2.45) is 11.7 Å². The van der Waals surface area contributed by atoms with E-state index in [1.165, 1.54) is 77.0 Å². The number of rotatable bonds is 14. The third-order valence-corrected chi connectivity index (χ3v) is 5.73. The number of amides is 1.